The quantitative estimate of drug-likeness (QED) is 0.385. The molecule has 29 heavy (non-hydrogen) atoms. The first-order valence-electron chi connectivity index (χ1n) is 10.3. The summed E-state index contributed by atoms with van der Waals surface area (Å²) in [6.07, 6.45) is 7.46. The standard InChI is InChI=1S/C22H29N3O3S/c1-3-4-14-28-19-18(24-22(29-2)25-21(19)27)20(26)23-17-12-10-16(11-13-17)15-8-6-5-7-9-15/h5-9,16-17H,3-4,10-14H2,1-2H3,(H,23,26)(H,24,25,27)/t16-,17+. The van der Waals surface area contributed by atoms with Crippen LogP contribution in [0.25, 0.3) is 0 Å². The molecule has 0 bridgehead atoms. The van der Waals surface area contributed by atoms with Gasteiger partial charge in [-0.1, -0.05) is 55.4 Å². The van der Waals surface area contributed by atoms with Crippen LogP contribution in [0.3, 0.4) is 0 Å². The number of carbonyl (C=O) groups is 1. The molecule has 6 nitrogen and oxygen atoms in total. The van der Waals surface area contributed by atoms with Gasteiger partial charge in [0, 0.05) is 6.04 Å². The van der Waals surface area contributed by atoms with Crippen molar-refractivity contribution in [2.75, 3.05) is 12.9 Å². The number of ether oxygens (including phenoxy) is 1. The minimum atomic E-state index is -0.404. The van der Waals surface area contributed by atoms with E-state index < -0.39 is 5.56 Å². The normalized spacial score (nSPS) is 19.0. The molecule has 1 amide bonds. The summed E-state index contributed by atoms with van der Waals surface area (Å²) in [6.45, 7) is 2.43. The van der Waals surface area contributed by atoms with E-state index in [-0.39, 0.29) is 23.4 Å². The molecule has 0 saturated heterocycles. The van der Waals surface area contributed by atoms with Gasteiger partial charge in [0.25, 0.3) is 11.5 Å². The Bertz CT molecular complexity index is 861. The molecule has 0 aliphatic heterocycles. The number of carbonyl (C=O) groups excluding carboxylic acids is 1. The van der Waals surface area contributed by atoms with Crippen LogP contribution in [0.4, 0.5) is 0 Å². The maximum atomic E-state index is 12.9. The molecule has 3 rings (SSSR count). The first kappa shape index (κ1) is 21.4. The molecule has 1 fully saturated rings. The Morgan fingerprint density at radius 1 is 1.24 bits per heavy atom. The van der Waals surface area contributed by atoms with Gasteiger partial charge in [0.05, 0.1) is 6.61 Å². The van der Waals surface area contributed by atoms with Crippen molar-refractivity contribution in [2.45, 2.75) is 62.6 Å². The molecular weight excluding hydrogens is 386 g/mol. The van der Waals surface area contributed by atoms with Gasteiger partial charge >= 0.3 is 0 Å². The monoisotopic (exact) mass is 415 g/mol. The number of amides is 1. The highest BCUT2D eigenvalue weighted by Crippen LogP contribution is 2.32. The van der Waals surface area contributed by atoms with Crippen LogP contribution in [0.2, 0.25) is 0 Å². The van der Waals surface area contributed by atoms with Gasteiger partial charge in [0.2, 0.25) is 5.75 Å². The van der Waals surface area contributed by atoms with E-state index in [0.717, 1.165) is 38.5 Å². The lowest BCUT2D eigenvalue weighted by Crippen LogP contribution is -2.38. The lowest BCUT2D eigenvalue weighted by molar-refractivity contribution is 0.0914. The first-order valence-corrected chi connectivity index (χ1v) is 11.5. The van der Waals surface area contributed by atoms with E-state index in [1.54, 1.807) is 0 Å². The third-order valence-electron chi connectivity index (χ3n) is 5.34. The van der Waals surface area contributed by atoms with Gasteiger partial charge in [-0.25, -0.2) is 4.98 Å². The third kappa shape index (κ3) is 5.63. The number of benzene rings is 1. The number of nitrogens with zero attached hydrogens (tertiary/aromatic N) is 1. The van der Waals surface area contributed by atoms with Crippen molar-refractivity contribution in [3.8, 4) is 5.75 Å². The second kappa shape index (κ2) is 10.5. The molecule has 0 unspecified atom stereocenters. The smallest absolute Gasteiger partial charge is 0.294 e. The molecule has 1 aromatic carbocycles. The Labute approximate surface area is 175 Å². The highest BCUT2D eigenvalue weighted by molar-refractivity contribution is 7.98. The minimum absolute atomic E-state index is 0.0201. The highest BCUT2D eigenvalue weighted by atomic mass is 32.2. The summed E-state index contributed by atoms with van der Waals surface area (Å²) >= 11 is 1.29. The molecule has 1 aromatic heterocycles. The van der Waals surface area contributed by atoms with E-state index in [1.807, 2.05) is 19.2 Å². The van der Waals surface area contributed by atoms with Crippen molar-refractivity contribution in [1.29, 1.82) is 0 Å². The van der Waals surface area contributed by atoms with Crippen molar-refractivity contribution in [1.82, 2.24) is 15.3 Å². The Hall–Kier alpha value is -2.28. The number of aromatic nitrogens is 2. The molecule has 7 heteroatoms. The molecule has 156 valence electrons. The van der Waals surface area contributed by atoms with Crippen molar-refractivity contribution >= 4 is 17.7 Å². The average Bonchev–Trinajstić information content (AvgIpc) is 2.75. The van der Waals surface area contributed by atoms with Crippen LogP contribution in [0.1, 0.15) is 67.4 Å². The molecule has 1 aliphatic carbocycles. The second-order valence-corrected chi connectivity index (χ2v) is 8.18. The molecule has 1 saturated carbocycles. The van der Waals surface area contributed by atoms with Gasteiger partial charge in [0.15, 0.2) is 10.9 Å². The third-order valence-corrected chi connectivity index (χ3v) is 5.92. The second-order valence-electron chi connectivity index (χ2n) is 7.39. The van der Waals surface area contributed by atoms with Crippen LogP contribution in [-0.4, -0.2) is 34.8 Å². The van der Waals surface area contributed by atoms with Crippen LogP contribution in [0.15, 0.2) is 40.3 Å². The number of rotatable bonds is 8. The molecule has 2 aromatic rings. The van der Waals surface area contributed by atoms with Gasteiger partial charge in [-0.15, -0.1) is 0 Å². The van der Waals surface area contributed by atoms with Gasteiger partial charge in [0.1, 0.15) is 0 Å². The van der Waals surface area contributed by atoms with E-state index in [0.29, 0.717) is 17.7 Å². The highest BCUT2D eigenvalue weighted by Gasteiger charge is 2.26. The fourth-order valence-corrected chi connectivity index (χ4v) is 4.07. The maximum Gasteiger partial charge on any atom is 0.294 e. The summed E-state index contributed by atoms with van der Waals surface area (Å²) in [6, 6.07) is 10.6. The fraction of sp³-hybridized carbons (Fsp3) is 0.500. The van der Waals surface area contributed by atoms with E-state index in [1.165, 1.54) is 17.3 Å². The van der Waals surface area contributed by atoms with E-state index in [4.69, 9.17) is 4.74 Å². The molecule has 1 aliphatic rings. The first-order chi connectivity index (χ1) is 14.1. The predicted octanol–water partition coefficient (Wildman–Crippen LogP) is 4.13. The summed E-state index contributed by atoms with van der Waals surface area (Å²) in [5.74, 6) is 0.228. The van der Waals surface area contributed by atoms with Crippen LogP contribution in [0, 0.1) is 0 Å². The molecular formula is C22H29N3O3S. The van der Waals surface area contributed by atoms with Crippen molar-refractivity contribution in [3.63, 3.8) is 0 Å². The molecule has 0 atom stereocenters. The zero-order valence-electron chi connectivity index (χ0n) is 17.1. The SMILES string of the molecule is CCCCOc1c(C(=O)N[C@H]2CC[C@@H](c3ccccc3)CC2)nc(SC)[nH]c1=O. The average molecular weight is 416 g/mol. The summed E-state index contributed by atoms with van der Waals surface area (Å²) in [7, 11) is 0. The summed E-state index contributed by atoms with van der Waals surface area (Å²) in [5, 5.41) is 3.49. The van der Waals surface area contributed by atoms with Gasteiger partial charge < -0.3 is 10.1 Å². The Morgan fingerprint density at radius 3 is 2.62 bits per heavy atom. The Kier molecular flexibility index (Phi) is 7.75. The number of thioether (sulfide) groups is 1. The van der Waals surface area contributed by atoms with E-state index >= 15 is 0 Å². The molecule has 0 radical (unpaired) electrons. The molecule has 2 N–H and O–H groups in total. The number of nitrogens with one attached hydrogen (secondary N) is 2. The number of hydrogen-bond acceptors (Lipinski definition) is 5. The summed E-state index contributed by atoms with van der Waals surface area (Å²) in [4.78, 5) is 32.3. The van der Waals surface area contributed by atoms with Crippen molar-refractivity contribution in [3.05, 3.63) is 51.9 Å². The number of hydrogen-bond donors (Lipinski definition) is 2. The zero-order valence-corrected chi connectivity index (χ0v) is 17.9. The predicted molar refractivity (Wildman–Crippen MR) is 116 cm³/mol. The lowest BCUT2D eigenvalue weighted by atomic mass is 9.82. The van der Waals surface area contributed by atoms with Crippen LogP contribution >= 0.6 is 11.8 Å². The van der Waals surface area contributed by atoms with Crippen molar-refractivity contribution in [2.24, 2.45) is 0 Å². The van der Waals surface area contributed by atoms with Gasteiger partial charge in [-0.2, -0.15) is 0 Å². The van der Waals surface area contributed by atoms with Crippen LogP contribution in [-0.2, 0) is 0 Å². The Morgan fingerprint density at radius 2 is 1.97 bits per heavy atom. The van der Waals surface area contributed by atoms with E-state index in [9.17, 15) is 9.59 Å². The topological polar surface area (TPSA) is 84.1 Å². The van der Waals surface area contributed by atoms with Gasteiger partial charge in [-0.05, 0) is 49.8 Å². The summed E-state index contributed by atoms with van der Waals surface area (Å²) in [5.41, 5.74) is 1.04. The fourth-order valence-electron chi connectivity index (χ4n) is 3.69. The Balaban J connectivity index is 1.67. The van der Waals surface area contributed by atoms with E-state index in [2.05, 4.69) is 39.6 Å². The number of H-pyrrole nitrogens is 1. The van der Waals surface area contributed by atoms with Crippen LogP contribution in [0.5, 0.6) is 5.75 Å². The largest absolute Gasteiger partial charge is 0.486 e. The number of aromatic amines is 1. The van der Waals surface area contributed by atoms with Crippen molar-refractivity contribution < 1.29 is 9.53 Å². The molecule has 1 heterocycles. The van der Waals surface area contributed by atoms with Gasteiger partial charge in [-0.3, -0.25) is 14.6 Å². The van der Waals surface area contributed by atoms with Crippen LogP contribution < -0.4 is 15.6 Å². The zero-order chi connectivity index (χ0) is 20.6. The minimum Gasteiger partial charge on any atom is -0.486 e. The lowest BCUT2D eigenvalue weighted by Gasteiger charge is -2.29. The number of unbranched alkanes of at least 4 members (excludes halogenated alkanes) is 1. The maximum absolute atomic E-state index is 12.9. The summed E-state index contributed by atoms with van der Waals surface area (Å²) < 4.78 is 5.62. The molecule has 0 spiro atoms.